The van der Waals surface area contributed by atoms with Gasteiger partial charge in [0.1, 0.15) is 5.52 Å². The molecule has 0 N–H and O–H groups in total. The Morgan fingerprint density at radius 1 is 1.19 bits per heavy atom. The summed E-state index contributed by atoms with van der Waals surface area (Å²) in [6.07, 6.45) is 1.52. The minimum atomic E-state index is 0.909. The zero-order valence-electron chi connectivity index (χ0n) is 9.39. The number of oxazole rings is 1. The average molecular weight is 217 g/mol. The highest BCUT2D eigenvalue weighted by Gasteiger charge is 2.17. The van der Waals surface area contributed by atoms with Crippen LogP contribution in [0, 0.1) is 0 Å². The summed E-state index contributed by atoms with van der Waals surface area (Å²) in [5, 5.41) is 0. The van der Waals surface area contributed by atoms with Gasteiger partial charge in [-0.05, 0) is 19.2 Å². The quantitative estimate of drug-likeness (QED) is 0.726. The number of hydrogen-bond donors (Lipinski definition) is 0. The summed E-state index contributed by atoms with van der Waals surface area (Å²) in [6, 6.07) is 6.13. The van der Waals surface area contributed by atoms with Crippen LogP contribution in [0.2, 0.25) is 0 Å². The number of likely N-dealkylation sites (N-methyl/N-ethyl adjacent to an activating group) is 1. The lowest BCUT2D eigenvalue weighted by Crippen LogP contribution is -2.44. The van der Waals surface area contributed by atoms with E-state index >= 15 is 0 Å². The second kappa shape index (κ2) is 3.79. The predicted octanol–water partition coefficient (Wildman–Crippen LogP) is 1.58. The number of nitrogens with zero attached hydrogens (tertiary/aromatic N) is 3. The molecule has 16 heavy (non-hydrogen) atoms. The highest BCUT2D eigenvalue weighted by molar-refractivity contribution is 5.86. The largest absolute Gasteiger partial charge is 0.441 e. The molecule has 0 aliphatic carbocycles. The van der Waals surface area contributed by atoms with Crippen molar-refractivity contribution in [2.75, 3.05) is 38.1 Å². The Balaban J connectivity index is 1.96. The zero-order valence-corrected chi connectivity index (χ0v) is 9.39. The van der Waals surface area contributed by atoms with Crippen LogP contribution < -0.4 is 4.90 Å². The molecule has 1 aliphatic heterocycles. The van der Waals surface area contributed by atoms with Crippen molar-refractivity contribution in [2.45, 2.75) is 0 Å². The standard InChI is InChI=1S/C12H15N3O/c1-14-5-7-15(8-6-14)11-4-2-3-10-12(11)16-9-13-10/h2-4,9H,5-8H2,1H3. The normalized spacial score (nSPS) is 18.2. The van der Waals surface area contributed by atoms with Gasteiger partial charge in [-0.15, -0.1) is 0 Å². The number of benzene rings is 1. The van der Waals surface area contributed by atoms with E-state index in [0.29, 0.717) is 0 Å². The molecule has 2 heterocycles. The fourth-order valence-electron chi connectivity index (χ4n) is 2.17. The molecule has 4 heteroatoms. The molecule has 0 atom stereocenters. The van der Waals surface area contributed by atoms with Gasteiger partial charge in [0.2, 0.25) is 0 Å². The van der Waals surface area contributed by atoms with Gasteiger partial charge in [0.05, 0.1) is 5.69 Å². The Morgan fingerprint density at radius 2 is 2.00 bits per heavy atom. The Kier molecular flexibility index (Phi) is 2.29. The number of aromatic nitrogens is 1. The van der Waals surface area contributed by atoms with E-state index in [1.807, 2.05) is 12.1 Å². The van der Waals surface area contributed by atoms with E-state index in [1.165, 1.54) is 12.1 Å². The van der Waals surface area contributed by atoms with Crippen molar-refractivity contribution in [1.82, 2.24) is 9.88 Å². The van der Waals surface area contributed by atoms with Crippen LogP contribution in [0.15, 0.2) is 29.0 Å². The molecule has 2 aromatic rings. The van der Waals surface area contributed by atoms with E-state index in [9.17, 15) is 0 Å². The van der Waals surface area contributed by atoms with Crippen molar-refractivity contribution in [1.29, 1.82) is 0 Å². The fourth-order valence-corrected chi connectivity index (χ4v) is 2.17. The summed E-state index contributed by atoms with van der Waals surface area (Å²) >= 11 is 0. The van der Waals surface area contributed by atoms with Crippen molar-refractivity contribution >= 4 is 16.8 Å². The molecule has 0 radical (unpaired) electrons. The van der Waals surface area contributed by atoms with E-state index in [2.05, 4.69) is 27.9 Å². The Bertz CT molecular complexity index is 486. The molecule has 4 nitrogen and oxygen atoms in total. The lowest BCUT2D eigenvalue weighted by molar-refractivity contribution is 0.313. The molecule has 0 spiro atoms. The number of piperazine rings is 1. The van der Waals surface area contributed by atoms with Crippen LogP contribution in [-0.2, 0) is 0 Å². The topological polar surface area (TPSA) is 32.5 Å². The van der Waals surface area contributed by atoms with Crippen LogP contribution in [0.1, 0.15) is 0 Å². The molecule has 1 fully saturated rings. The van der Waals surface area contributed by atoms with Gasteiger partial charge in [-0.3, -0.25) is 0 Å². The molecular formula is C12H15N3O. The fraction of sp³-hybridized carbons (Fsp3) is 0.417. The van der Waals surface area contributed by atoms with Gasteiger partial charge >= 0.3 is 0 Å². The molecule has 1 aromatic heterocycles. The number of rotatable bonds is 1. The third-order valence-corrected chi connectivity index (χ3v) is 3.18. The van der Waals surface area contributed by atoms with Gasteiger partial charge in [-0.2, -0.15) is 0 Å². The van der Waals surface area contributed by atoms with Gasteiger partial charge < -0.3 is 14.2 Å². The third-order valence-electron chi connectivity index (χ3n) is 3.18. The summed E-state index contributed by atoms with van der Waals surface area (Å²) in [6.45, 7) is 4.31. The van der Waals surface area contributed by atoms with Crippen LogP contribution in [0.5, 0.6) is 0 Å². The van der Waals surface area contributed by atoms with E-state index in [-0.39, 0.29) is 0 Å². The smallest absolute Gasteiger partial charge is 0.182 e. The number of fused-ring (bicyclic) bond motifs is 1. The highest BCUT2D eigenvalue weighted by Crippen LogP contribution is 2.26. The number of hydrogen-bond acceptors (Lipinski definition) is 4. The third kappa shape index (κ3) is 1.55. The van der Waals surface area contributed by atoms with Crippen LogP contribution in [0.3, 0.4) is 0 Å². The van der Waals surface area contributed by atoms with Crippen LogP contribution in [-0.4, -0.2) is 43.1 Å². The van der Waals surface area contributed by atoms with Gasteiger partial charge in [-0.1, -0.05) is 6.07 Å². The van der Waals surface area contributed by atoms with Crippen LogP contribution >= 0.6 is 0 Å². The van der Waals surface area contributed by atoms with Crippen molar-refractivity contribution in [3.05, 3.63) is 24.6 Å². The first-order chi connectivity index (χ1) is 7.84. The Morgan fingerprint density at radius 3 is 2.81 bits per heavy atom. The molecular weight excluding hydrogens is 202 g/mol. The maximum Gasteiger partial charge on any atom is 0.182 e. The predicted molar refractivity (Wildman–Crippen MR) is 63.7 cm³/mol. The van der Waals surface area contributed by atoms with E-state index in [1.54, 1.807) is 0 Å². The monoisotopic (exact) mass is 217 g/mol. The zero-order chi connectivity index (χ0) is 11.0. The van der Waals surface area contributed by atoms with Gasteiger partial charge in [0.15, 0.2) is 12.0 Å². The second-order valence-electron chi connectivity index (χ2n) is 4.27. The average Bonchev–Trinajstić information content (AvgIpc) is 2.78. The van der Waals surface area contributed by atoms with Gasteiger partial charge in [-0.25, -0.2) is 4.98 Å². The summed E-state index contributed by atoms with van der Waals surface area (Å²) < 4.78 is 5.46. The first kappa shape index (κ1) is 9.66. The van der Waals surface area contributed by atoms with Crippen molar-refractivity contribution in [2.24, 2.45) is 0 Å². The van der Waals surface area contributed by atoms with Crippen LogP contribution in [0.25, 0.3) is 11.1 Å². The van der Waals surface area contributed by atoms with Gasteiger partial charge in [0.25, 0.3) is 0 Å². The summed E-state index contributed by atoms with van der Waals surface area (Å²) in [7, 11) is 2.16. The van der Waals surface area contributed by atoms with Crippen LogP contribution in [0.4, 0.5) is 5.69 Å². The first-order valence-corrected chi connectivity index (χ1v) is 5.60. The lowest BCUT2D eigenvalue weighted by Gasteiger charge is -2.33. The first-order valence-electron chi connectivity index (χ1n) is 5.60. The molecule has 0 saturated carbocycles. The number of para-hydroxylation sites is 1. The summed E-state index contributed by atoms with van der Waals surface area (Å²) in [5.74, 6) is 0. The maximum atomic E-state index is 5.46. The Hall–Kier alpha value is -1.55. The van der Waals surface area contributed by atoms with Crippen molar-refractivity contribution in [3.8, 4) is 0 Å². The van der Waals surface area contributed by atoms with Crippen molar-refractivity contribution in [3.63, 3.8) is 0 Å². The molecule has 0 bridgehead atoms. The van der Waals surface area contributed by atoms with E-state index in [0.717, 1.165) is 37.3 Å². The minimum absolute atomic E-state index is 0.909. The molecule has 0 amide bonds. The summed E-state index contributed by atoms with van der Waals surface area (Å²) in [4.78, 5) is 8.90. The molecule has 84 valence electrons. The van der Waals surface area contributed by atoms with Crippen molar-refractivity contribution < 1.29 is 4.42 Å². The molecule has 1 aromatic carbocycles. The summed E-state index contributed by atoms with van der Waals surface area (Å²) in [5.41, 5.74) is 3.02. The number of anilines is 1. The molecule has 0 unspecified atom stereocenters. The van der Waals surface area contributed by atoms with E-state index < -0.39 is 0 Å². The molecule has 1 aliphatic rings. The molecule has 1 saturated heterocycles. The lowest BCUT2D eigenvalue weighted by atomic mass is 10.2. The molecule has 3 rings (SSSR count). The van der Waals surface area contributed by atoms with Gasteiger partial charge in [0, 0.05) is 26.2 Å². The minimum Gasteiger partial charge on any atom is -0.441 e. The second-order valence-corrected chi connectivity index (χ2v) is 4.27. The SMILES string of the molecule is CN1CCN(c2cccc3ncoc23)CC1. The van der Waals surface area contributed by atoms with E-state index in [4.69, 9.17) is 4.42 Å². The Labute approximate surface area is 94.5 Å². The highest BCUT2D eigenvalue weighted by atomic mass is 16.3. The maximum absolute atomic E-state index is 5.46.